The van der Waals surface area contributed by atoms with Crippen LogP contribution in [-0.4, -0.2) is 5.75 Å². The molecule has 13 heavy (non-hydrogen) atoms. The summed E-state index contributed by atoms with van der Waals surface area (Å²) < 4.78 is 0. The van der Waals surface area contributed by atoms with Gasteiger partial charge in [0.1, 0.15) is 5.40 Å². The zero-order valence-corrected chi connectivity index (χ0v) is 8.74. The Hall–Kier alpha value is -0.650. The number of benzene rings is 1. The van der Waals surface area contributed by atoms with Crippen LogP contribution in [-0.2, 0) is 6.42 Å². The predicted octanol–water partition coefficient (Wildman–Crippen LogP) is 3.49. The van der Waals surface area contributed by atoms with Crippen LogP contribution in [0.2, 0.25) is 5.02 Å². The van der Waals surface area contributed by atoms with Crippen molar-refractivity contribution in [2.75, 3.05) is 5.75 Å². The summed E-state index contributed by atoms with van der Waals surface area (Å²) in [4.78, 5) is 0. The Bertz CT molecular complexity index is 306. The molecular weight excluding hydrogens is 202 g/mol. The second-order valence-electron chi connectivity index (χ2n) is 2.63. The van der Waals surface area contributed by atoms with Crippen molar-refractivity contribution in [1.82, 2.24) is 0 Å². The Morgan fingerprint density at radius 2 is 2.15 bits per heavy atom. The van der Waals surface area contributed by atoms with Crippen LogP contribution < -0.4 is 0 Å². The zero-order chi connectivity index (χ0) is 9.52. The molecule has 0 aliphatic rings. The van der Waals surface area contributed by atoms with E-state index in [0.29, 0.717) is 0 Å². The fourth-order valence-corrected chi connectivity index (χ4v) is 1.69. The van der Waals surface area contributed by atoms with Crippen molar-refractivity contribution in [2.45, 2.75) is 12.8 Å². The molecule has 0 aliphatic carbocycles. The van der Waals surface area contributed by atoms with E-state index in [1.54, 1.807) is 0 Å². The first-order valence-electron chi connectivity index (χ1n) is 4.09. The molecule has 1 aromatic rings. The van der Waals surface area contributed by atoms with Gasteiger partial charge in [0.2, 0.25) is 0 Å². The average Bonchev–Trinajstić information content (AvgIpc) is 2.15. The van der Waals surface area contributed by atoms with Crippen LogP contribution in [0.15, 0.2) is 24.3 Å². The summed E-state index contributed by atoms with van der Waals surface area (Å²) in [6.07, 6.45) is 1.95. The maximum Gasteiger partial charge on any atom is 0.133 e. The second kappa shape index (κ2) is 5.90. The third kappa shape index (κ3) is 3.71. The van der Waals surface area contributed by atoms with Gasteiger partial charge in [-0.3, -0.25) is 0 Å². The number of hydrogen-bond acceptors (Lipinski definition) is 2. The summed E-state index contributed by atoms with van der Waals surface area (Å²) >= 11 is 7.26. The molecule has 1 rings (SSSR count). The van der Waals surface area contributed by atoms with Gasteiger partial charge in [0, 0.05) is 10.8 Å². The largest absolute Gasteiger partial charge is 0.185 e. The zero-order valence-electron chi connectivity index (χ0n) is 7.16. The quantitative estimate of drug-likeness (QED) is 0.563. The smallest absolute Gasteiger partial charge is 0.133 e. The highest BCUT2D eigenvalue weighted by Crippen LogP contribution is 2.17. The number of thiocyanates is 1. The van der Waals surface area contributed by atoms with Crippen LogP contribution >= 0.6 is 23.4 Å². The lowest BCUT2D eigenvalue weighted by Crippen LogP contribution is -1.87. The van der Waals surface area contributed by atoms with Crippen LogP contribution in [0, 0.1) is 10.7 Å². The van der Waals surface area contributed by atoms with Crippen LogP contribution in [0.25, 0.3) is 0 Å². The highest BCUT2D eigenvalue weighted by molar-refractivity contribution is 8.03. The molecule has 3 heteroatoms. The van der Waals surface area contributed by atoms with Crippen molar-refractivity contribution in [3.63, 3.8) is 0 Å². The van der Waals surface area contributed by atoms with Gasteiger partial charge in [-0.1, -0.05) is 29.8 Å². The van der Waals surface area contributed by atoms with Crippen molar-refractivity contribution < 1.29 is 0 Å². The van der Waals surface area contributed by atoms with E-state index in [-0.39, 0.29) is 0 Å². The summed E-state index contributed by atoms with van der Waals surface area (Å²) in [5, 5.41) is 11.2. The molecule has 68 valence electrons. The molecule has 0 aromatic heterocycles. The molecule has 0 spiro atoms. The number of halogens is 1. The van der Waals surface area contributed by atoms with Gasteiger partial charge >= 0.3 is 0 Å². The van der Waals surface area contributed by atoms with Gasteiger partial charge in [0.05, 0.1) is 0 Å². The van der Waals surface area contributed by atoms with E-state index in [1.807, 2.05) is 24.3 Å². The molecule has 0 atom stereocenters. The monoisotopic (exact) mass is 211 g/mol. The van der Waals surface area contributed by atoms with Crippen LogP contribution in [0.4, 0.5) is 0 Å². The van der Waals surface area contributed by atoms with Gasteiger partial charge in [-0.15, -0.1) is 0 Å². The highest BCUT2D eigenvalue weighted by atomic mass is 35.5. The van der Waals surface area contributed by atoms with Gasteiger partial charge in [-0.05, 0) is 36.2 Å². The molecule has 0 bridgehead atoms. The lowest BCUT2D eigenvalue weighted by Gasteiger charge is -2.01. The Kier molecular flexibility index (Phi) is 4.74. The maximum atomic E-state index is 8.30. The molecule has 0 heterocycles. The summed E-state index contributed by atoms with van der Waals surface area (Å²) in [7, 11) is 0. The van der Waals surface area contributed by atoms with Crippen molar-refractivity contribution in [1.29, 1.82) is 5.26 Å². The minimum atomic E-state index is 0.824. The number of aryl methyl sites for hydroxylation is 1. The van der Waals surface area contributed by atoms with Gasteiger partial charge in [-0.25, -0.2) is 0 Å². The molecular formula is C10H10ClNS. The van der Waals surface area contributed by atoms with E-state index in [9.17, 15) is 0 Å². The summed E-state index contributed by atoms with van der Waals surface area (Å²) in [6.45, 7) is 0. The average molecular weight is 212 g/mol. The maximum absolute atomic E-state index is 8.30. The molecule has 0 amide bonds. The van der Waals surface area contributed by atoms with E-state index in [0.717, 1.165) is 23.6 Å². The van der Waals surface area contributed by atoms with Crippen molar-refractivity contribution in [2.24, 2.45) is 0 Å². The van der Waals surface area contributed by atoms with Gasteiger partial charge in [-0.2, -0.15) is 5.26 Å². The SMILES string of the molecule is N#CSCCCc1ccccc1Cl. The Balaban J connectivity index is 2.37. The Morgan fingerprint density at radius 3 is 2.85 bits per heavy atom. The molecule has 0 aliphatic heterocycles. The minimum Gasteiger partial charge on any atom is -0.185 e. The fraction of sp³-hybridized carbons (Fsp3) is 0.300. The van der Waals surface area contributed by atoms with Crippen molar-refractivity contribution in [3.05, 3.63) is 34.9 Å². The predicted molar refractivity (Wildman–Crippen MR) is 57.8 cm³/mol. The first-order valence-corrected chi connectivity index (χ1v) is 5.45. The van der Waals surface area contributed by atoms with Crippen LogP contribution in [0.1, 0.15) is 12.0 Å². The standard InChI is InChI=1S/C10H10ClNS/c11-10-6-2-1-4-9(10)5-3-7-13-8-12/h1-2,4,6H,3,5,7H2. The summed E-state index contributed by atoms with van der Waals surface area (Å²) in [5.41, 5.74) is 1.17. The Morgan fingerprint density at radius 1 is 1.38 bits per heavy atom. The molecule has 0 saturated carbocycles. The Labute approximate surface area is 87.7 Å². The van der Waals surface area contributed by atoms with Gasteiger partial charge in [0.25, 0.3) is 0 Å². The molecule has 1 aromatic carbocycles. The van der Waals surface area contributed by atoms with E-state index >= 15 is 0 Å². The van der Waals surface area contributed by atoms with Gasteiger partial charge in [0.15, 0.2) is 0 Å². The molecule has 0 N–H and O–H groups in total. The van der Waals surface area contributed by atoms with Crippen molar-refractivity contribution in [3.8, 4) is 5.40 Å². The van der Waals surface area contributed by atoms with Crippen LogP contribution in [0.5, 0.6) is 0 Å². The molecule has 0 saturated heterocycles. The number of nitriles is 1. The van der Waals surface area contributed by atoms with E-state index < -0.39 is 0 Å². The summed E-state index contributed by atoms with van der Waals surface area (Å²) in [6, 6.07) is 7.84. The lowest BCUT2D eigenvalue weighted by atomic mass is 10.1. The van der Waals surface area contributed by atoms with Crippen LogP contribution in [0.3, 0.4) is 0 Å². The second-order valence-corrected chi connectivity index (χ2v) is 3.92. The number of rotatable bonds is 4. The van der Waals surface area contributed by atoms with E-state index in [4.69, 9.17) is 16.9 Å². The highest BCUT2D eigenvalue weighted by Gasteiger charge is 1.97. The lowest BCUT2D eigenvalue weighted by molar-refractivity contribution is 0.935. The van der Waals surface area contributed by atoms with Crippen molar-refractivity contribution >= 4 is 23.4 Å². The summed E-state index contributed by atoms with van der Waals surface area (Å²) in [5.74, 6) is 0.877. The molecule has 0 radical (unpaired) electrons. The third-order valence-corrected chi connectivity index (χ3v) is 2.71. The topological polar surface area (TPSA) is 23.8 Å². The molecule has 0 fully saturated rings. The normalized spacial score (nSPS) is 9.54. The number of thioether (sulfide) groups is 1. The molecule has 1 nitrogen and oxygen atoms in total. The fourth-order valence-electron chi connectivity index (χ4n) is 1.08. The number of nitrogens with zero attached hydrogens (tertiary/aromatic N) is 1. The van der Waals surface area contributed by atoms with E-state index in [2.05, 4.69) is 5.40 Å². The minimum absolute atomic E-state index is 0.824. The third-order valence-electron chi connectivity index (χ3n) is 1.71. The van der Waals surface area contributed by atoms with E-state index in [1.165, 1.54) is 17.3 Å². The first-order chi connectivity index (χ1) is 6.34. The molecule has 0 unspecified atom stereocenters. The van der Waals surface area contributed by atoms with Gasteiger partial charge < -0.3 is 0 Å². The number of hydrogen-bond donors (Lipinski definition) is 0. The first kappa shape index (κ1) is 10.4.